The van der Waals surface area contributed by atoms with Gasteiger partial charge in [-0.2, -0.15) is 5.10 Å². The maximum atomic E-state index is 13.1. The van der Waals surface area contributed by atoms with E-state index in [1.54, 1.807) is 11.1 Å². The SMILES string of the molecule is CCCN(C(=O)Cn1ncc2c([nH]c3ccc(C)cc32)c1=O)c1ccccc1C. The van der Waals surface area contributed by atoms with E-state index >= 15 is 0 Å². The largest absolute Gasteiger partial charge is 0.350 e. The van der Waals surface area contributed by atoms with Crippen molar-refractivity contribution in [3.8, 4) is 0 Å². The zero-order chi connectivity index (χ0) is 20.5. The molecule has 0 aliphatic rings. The molecule has 0 aliphatic heterocycles. The molecule has 1 N–H and O–H groups in total. The van der Waals surface area contributed by atoms with Crippen molar-refractivity contribution >= 4 is 33.4 Å². The molecule has 0 spiro atoms. The summed E-state index contributed by atoms with van der Waals surface area (Å²) >= 11 is 0. The predicted octanol–water partition coefficient (Wildman–Crippen LogP) is 3.94. The number of nitrogens with zero attached hydrogens (tertiary/aromatic N) is 3. The molecule has 6 nitrogen and oxygen atoms in total. The highest BCUT2D eigenvalue weighted by Gasteiger charge is 2.19. The number of hydrogen-bond acceptors (Lipinski definition) is 3. The fourth-order valence-electron chi connectivity index (χ4n) is 3.73. The Morgan fingerprint density at radius 2 is 1.93 bits per heavy atom. The molecule has 0 aliphatic carbocycles. The monoisotopic (exact) mass is 388 g/mol. The summed E-state index contributed by atoms with van der Waals surface area (Å²) in [5.41, 5.74) is 4.09. The summed E-state index contributed by atoms with van der Waals surface area (Å²) in [5.74, 6) is -0.151. The van der Waals surface area contributed by atoms with Crippen LogP contribution in [0.3, 0.4) is 0 Å². The predicted molar refractivity (Wildman–Crippen MR) is 116 cm³/mol. The summed E-state index contributed by atoms with van der Waals surface area (Å²) in [6.07, 6.45) is 2.49. The van der Waals surface area contributed by atoms with Gasteiger partial charge in [0, 0.05) is 28.5 Å². The van der Waals surface area contributed by atoms with Crippen molar-refractivity contribution in [2.24, 2.45) is 0 Å². The first kappa shape index (κ1) is 18.9. The molecule has 4 rings (SSSR count). The minimum Gasteiger partial charge on any atom is -0.350 e. The molecule has 0 saturated carbocycles. The topological polar surface area (TPSA) is 71.0 Å². The first-order valence-corrected chi connectivity index (χ1v) is 9.83. The first-order valence-electron chi connectivity index (χ1n) is 9.83. The molecular formula is C23H24N4O2. The van der Waals surface area contributed by atoms with Crippen LogP contribution < -0.4 is 10.5 Å². The molecular weight excluding hydrogens is 364 g/mol. The number of hydrogen-bond donors (Lipinski definition) is 1. The van der Waals surface area contributed by atoms with E-state index < -0.39 is 0 Å². The van der Waals surface area contributed by atoms with Crippen LogP contribution in [0.15, 0.2) is 53.5 Å². The zero-order valence-corrected chi connectivity index (χ0v) is 16.9. The van der Waals surface area contributed by atoms with Crippen LogP contribution in [0.5, 0.6) is 0 Å². The number of amides is 1. The van der Waals surface area contributed by atoms with E-state index in [1.807, 2.05) is 63.2 Å². The van der Waals surface area contributed by atoms with Gasteiger partial charge in [0.15, 0.2) is 0 Å². The number of benzene rings is 2. The van der Waals surface area contributed by atoms with Gasteiger partial charge < -0.3 is 9.88 Å². The highest BCUT2D eigenvalue weighted by atomic mass is 16.2. The second-order valence-electron chi connectivity index (χ2n) is 7.40. The maximum absolute atomic E-state index is 13.1. The number of H-pyrrole nitrogens is 1. The molecule has 2 aromatic heterocycles. The van der Waals surface area contributed by atoms with Crippen molar-refractivity contribution in [3.05, 3.63) is 70.1 Å². The summed E-state index contributed by atoms with van der Waals surface area (Å²) in [6.45, 7) is 6.51. The normalized spacial score (nSPS) is 11.3. The lowest BCUT2D eigenvalue weighted by molar-refractivity contribution is -0.119. The number of aryl methyl sites for hydroxylation is 2. The van der Waals surface area contributed by atoms with Crippen molar-refractivity contribution in [1.29, 1.82) is 0 Å². The van der Waals surface area contributed by atoms with E-state index in [9.17, 15) is 9.59 Å². The van der Waals surface area contributed by atoms with E-state index in [-0.39, 0.29) is 18.0 Å². The Hall–Kier alpha value is -3.41. The van der Waals surface area contributed by atoms with Crippen LogP contribution in [0, 0.1) is 13.8 Å². The fourth-order valence-corrected chi connectivity index (χ4v) is 3.73. The minimum absolute atomic E-state index is 0.0997. The van der Waals surface area contributed by atoms with Gasteiger partial charge in [0.05, 0.1) is 6.20 Å². The summed E-state index contributed by atoms with van der Waals surface area (Å²) in [4.78, 5) is 31.0. The summed E-state index contributed by atoms with van der Waals surface area (Å²) in [5, 5.41) is 6.04. The Morgan fingerprint density at radius 1 is 1.14 bits per heavy atom. The maximum Gasteiger partial charge on any atom is 0.291 e. The standard InChI is InChI=1S/C23H24N4O2/c1-4-11-26(20-8-6-5-7-16(20)3)21(28)14-27-23(29)22-18(13-24-27)17-12-15(2)9-10-19(17)25-22/h5-10,12-13,25H,4,11,14H2,1-3H3. The Morgan fingerprint density at radius 3 is 2.69 bits per heavy atom. The third-order valence-corrected chi connectivity index (χ3v) is 5.21. The number of carbonyl (C=O) groups excluding carboxylic acids is 1. The summed E-state index contributed by atoms with van der Waals surface area (Å²) in [7, 11) is 0. The Balaban J connectivity index is 1.72. The highest BCUT2D eigenvalue weighted by Crippen LogP contribution is 2.24. The number of fused-ring (bicyclic) bond motifs is 3. The smallest absolute Gasteiger partial charge is 0.291 e. The molecule has 4 aromatic rings. The number of aromatic nitrogens is 3. The number of rotatable bonds is 5. The number of aromatic amines is 1. The molecule has 0 unspecified atom stereocenters. The van der Waals surface area contributed by atoms with Gasteiger partial charge in [0.25, 0.3) is 5.56 Å². The fraction of sp³-hybridized carbons (Fsp3) is 0.261. The lowest BCUT2D eigenvalue weighted by Crippen LogP contribution is -2.38. The number of para-hydroxylation sites is 1. The Labute approximate surface area is 168 Å². The van der Waals surface area contributed by atoms with Crippen LogP contribution in [-0.4, -0.2) is 27.2 Å². The van der Waals surface area contributed by atoms with E-state index in [4.69, 9.17) is 0 Å². The van der Waals surface area contributed by atoms with E-state index in [1.165, 1.54) is 4.68 Å². The van der Waals surface area contributed by atoms with Crippen LogP contribution in [0.4, 0.5) is 5.69 Å². The molecule has 0 radical (unpaired) electrons. The van der Waals surface area contributed by atoms with E-state index in [2.05, 4.69) is 10.1 Å². The molecule has 148 valence electrons. The van der Waals surface area contributed by atoms with Gasteiger partial charge in [-0.3, -0.25) is 9.59 Å². The van der Waals surface area contributed by atoms with Gasteiger partial charge in [0.1, 0.15) is 12.1 Å². The van der Waals surface area contributed by atoms with Gasteiger partial charge >= 0.3 is 0 Å². The van der Waals surface area contributed by atoms with Crippen LogP contribution in [-0.2, 0) is 11.3 Å². The van der Waals surface area contributed by atoms with Crippen molar-refractivity contribution in [2.45, 2.75) is 33.7 Å². The summed E-state index contributed by atoms with van der Waals surface area (Å²) in [6, 6.07) is 13.8. The highest BCUT2D eigenvalue weighted by molar-refractivity contribution is 6.06. The third-order valence-electron chi connectivity index (χ3n) is 5.21. The summed E-state index contributed by atoms with van der Waals surface area (Å²) < 4.78 is 1.24. The van der Waals surface area contributed by atoms with Crippen LogP contribution in [0.1, 0.15) is 24.5 Å². The lowest BCUT2D eigenvalue weighted by Gasteiger charge is -2.24. The molecule has 0 atom stereocenters. The second-order valence-corrected chi connectivity index (χ2v) is 7.40. The van der Waals surface area contributed by atoms with Gasteiger partial charge in [-0.25, -0.2) is 4.68 Å². The van der Waals surface area contributed by atoms with Gasteiger partial charge in [-0.15, -0.1) is 0 Å². The molecule has 0 fully saturated rings. The first-order chi connectivity index (χ1) is 14.0. The number of anilines is 1. The lowest BCUT2D eigenvalue weighted by atomic mass is 10.1. The second kappa shape index (κ2) is 7.54. The van der Waals surface area contributed by atoms with E-state index in [0.717, 1.165) is 39.5 Å². The number of carbonyl (C=O) groups is 1. The van der Waals surface area contributed by atoms with Gasteiger partial charge in [-0.1, -0.05) is 36.8 Å². The van der Waals surface area contributed by atoms with Crippen molar-refractivity contribution in [1.82, 2.24) is 14.8 Å². The molecule has 2 aromatic carbocycles. The van der Waals surface area contributed by atoms with Gasteiger partial charge in [-0.05, 0) is 44.0 Å². The van der Waals surface area contributed by atoms with Crippen LogP contribution in [0.2, 0.25) is 0 Å². The minimum atomic E-state index is -0.286. The molecule has 0 saturated heterocycles. The molecule has 2 heterocycles. The van der Waals surface area contributed by atoms with Crippen molar-refractivity contribution in [3.63, 3.8) is 0 Å². The average molecular weight is 388 g/mol. The van der Waals surface area contributed by atoms with E-state index in [0.29, 0.717) is 12.1 Å². The van der Waals surface area contributed by atoms with Crippen molar-refractivity contribution in [2.75, 3.05) is 11.4 Å². The quantitative estimate of drug-likeness (QED) is 0.563. The van der Waals surface area contributed by atoms with Crippen molar-refractivity contribution < 1.29 is 4.79 Å². The molecule has 0 bridgehead atoms. The average Bonchev–Trinajstić information content (AvgIpc) is 3.07. The van der Waals surface area contributed by atoms with Crippen LogP contribution >= 0.6 is 0 Å². The zero-order valence-electron chi connectivity index (χ0n) is 16.9. The van der Waals surface area contributed by atoms with Crippen LogP contribution in [0.25, 0.3) is 21.8 Å². The number of nitrogens with one attached hydrogen (secondary N) is 1. The molecule has 1 amide bonds. The Kier molecular flexibility index (Phi) is 4.92. The Bertz CT molecular complexity index is 1270. The molecule has 6 heteroatoms. The van der Waals surface area contributed by atoms with Gasteiger partial charge in [0.2, 0.25) is 5.91 Å². The molecule has 29 heavy (non-hydrogen) atoms. The third kappa shape index (κ3) is 3.42.